The number of anilines is 3. The van der Waals surface area contributed by atoms with E-state index in [4.69, 9.17) is 23.7 Å². The van der Waals surface area contributed by atoms with Gasteiger partial charge in [0.1, 0.15) is 17.1 Å². The molecule has 0 bridgehead atoms. The first-order chi connectivity index (χ1) is 22.2. The van der Waals surface area contributed by atoms with Crippen LogP contribution in [0.5, 0.6) is 17.2 Å². The predicted octanol–water partition coefficient (Wildman–Crippen LogP) is 4.70. The highest BCUT2D eigenvalue weighted by molar-refractivity contribution is 6.04. The number of fused-ring (bicyclic) bond motifs is 1. The highest BCUT2D eigenvalue weighted by Crippen LogP contribution is 2.44. The number of pyridine rings is 1. The predicted molar refractivity (Wildman–Crippen MR) is 168 cm³/mol. The van der Waals surface area contributed by atoms with Crippen LogP contribution in [0.2, 0.25) is 0 Å². The monoisotopic (exact) mass is 647 g/mol. The van der Waals surface area contributed by atoms with E-state index in [1.165, 1.54) is 33.3 Å². The van der Waals surface area contributed by atoms with Crippen LogP contribution in [-0.2, 0) is 15.7 Å². The summed E-state index contributed by atoms with van der Waals surface area (Å²) in [5.41, 5.74) is -0.732. The maximum absolute atomic E-state index is 14.9. The van der Waals surface area contributed by atoms with Gasteiger partial charge >= 0.3 is 12.1 Å². The molecule has 3 heterocycles. The van der Waals surface area contributed by atoms with Gasteiger partial charge < -0.3 is 39.2 Å². The number of nitrogens with zero attached hydrogens (tertiary/aromatic N) is 3. The minimum Gasteiger partial charge on any atom is -0.494 e. The van der Waals surface area contributed by atoms with Crippen molar-refractivity contribution in [1.29, 1.82) is 0 Å². The largest absolute Gasteiger partial charge is 0.494 e. The molecule has 2 saturated heterocycles. The molecule has 0 unspecified atom stereocenters. The third-order valence-corrected chi connectivity index (χ3v) is 7.93. The Morgan fingerprint density at radius 1 is 1.02 bits per heavy atom. The van der Waals surface area contributed by atoms with Crippen molar-refractivity contribution in [3.05, 3.63) is 41.5 Å². The molecule has 2 aliphatic heterocycles. The fourth-order valence-electron chi connectivity index (χ4n) is 5.66. The number of nitrogens with one attached hydrogen (secondary N) is 2. The molecule has 0 radical (unpaired) electrons. The molecule has 1 aromatic heterocycles. The number of carbonyl (C=O) groups is 1. The molecular weight excluding hydrogens is 607 g/mol. The third kappa shape index (κ3) is 7.68. The lowest BCUT2D eigenvalue weighted by Crippen LogP contribution is -2.43. The lowest BCUT2D eigenvalue weighted by molar-refractivity contribution is -0.136. The van der Waals surface area contributed by atoms with Crippen LogP contribution < -0.4 is 29.7 Å². The number of benzene rings is 2. The van der Waals surface area contributed by atoms with Gasteiger partial charge in [-0.2, -0.15) is 13.2 Å². The maximum Gasteiger partial charge on any atom is 0.418 e. The van der Waals surface area contributed by atoms with Gasteiger partial charge in [0.05, 0.1) is 57.4 Å². The Bertz CT molecular complexity index is 1510. The van der Waals surface area contributed by atoms with Crippen LogP contribution in [-0.4, -0.2) is 102 Å². The summed E-state index contributed by atoms with van der Waals surface area (Å²) >= 11 is 0. The number of morpholine rings is 1. The Kier molecular flexibility index (Phi) is 10.9. The molecule has 250 valence electrons. The highest BCUT2D eigenvalue weighted by Gasteiger charge is 2.41. The Morgan fingerprint density at radius 3 is 2.43 bits per heavy atom. The van der Waals surface area contributed by atoms with Crippen molar-refractivity contribution >= 4 is 34.1 Å². The molecule has 11 nitrogen and oxygen atoms in total. The number of methoxy groups -OCH3 is 2. The van der Waals surface area contributed by atoms with Crippen molar-refractivity contribution in [3.8, 4) is 17.2 Å². The average Bonchev–Trinajstić information content (AvgIpc) is 3.06. The van der Waals surface area contributed by atoms with Crippen LogP contribution in [0.1, 0.15) is 29.3 Å². The van der Waals surface area contributed by atoms with Crippen LogP contribution in [0.4, 0.5) is 30.4 Å². The molecule has 2 N–H and O–H groups in total. The van der Waals surface area contributed by atoms with Crippen LogP contribution in [0.15, 0.2) is 30.3 Å². The Balaban J connectivity index is 1.54. The number of ether oxygens (including phenoxy) is 5. The molecule has 14 heteroatoms. The number of hydrogen-bond acceptors (Lipinski definition) is 11. The molecule has 46 heavy (non-hydrogen) atoms. The molecule has 3 aromatic rings. The van der Waals surface area contributed by atoms with Gasteiger partial charge in [0.15, 0.2) is 11.5 Å². The molecule has 0 spiro atoms. The minimum absolute atomic E-state index is 0.0446. The SMILES string of the molecule is CCOC(=O)c1c(Nc2ccc(N3CCNCC3)cc2OC)nc2cc(OC)c(OCCCN3CCOCC3)cc2c1C(F)(F)F. The van der Waals surface area contributed by atoms with Crippen LogP contribution in [0, 0.1) is 0 Å². The van der Waals surface area contributed by atoms with E-state index >= 15 is 0 Å². The number of alkyl halides is 3. The highest BCUT2D eigenvalue weighted by atomic mass is 19.4. The molecule has 0 atom stereocenters. The van der Waals surface area contributed by atoms with Crippen LogP contribution in [0.3, 0.4) is 0 Å². The van der Waals surface area contributed by atoms with E-state index in [-0.39, 0.29) is 41.4 Å². The van der Waals surface area contributed by atoms with Gasteiger partial charge in [-0.1, -0.05) is 0 Å². The first-order valence-corrected chi connectivity index (χ1v) is 15.4. The Hall–Kier alpha value is -4.01. The second kappa shape index (κ2) is 15.1. The molecule has 0 saturated carbocycles. The number of piperazine rings is 1. The fraction of sp³-hybridized carbons (Fsp3) is 0.500. The van der Waals surface area contributed by atoms with Gasteiger partial charge in [0.2, 0.25) is 0 Å². The number of carbonyl (C=O) groups excluding carboxylic acids is 1. The molecule has 2 aliphatic rings. The first kappa shape index (κ1) is 33.4. The van der Waals surface area contributed by atoms with Gasteiger partial charge in [-0.25, -0.2) is 9.78 Å². The van der Waals surface area contributed by atoms with E-state index in [9.17, 15) is 18.0 Å². The summed E-state index contributed by atoms with van der Waals surface area (Å²) in [6.07, 6.45) is -4.30. The Labute approximate surface area is 265 Å². The van der Waals surface area contributed by atoms with Crippen molar-refractivity contribution in [2.45, 2.75) is 19.5 Å². The number of aromatic nitrogens is 1. The van der Waals surface area contributed by atoms with E-state index in [0.717, 1.165) is 51.5 Å². The van der Waals surface area contributed by atoms with Gasteiger partial charge in [-0.05, 0) is 31.5 Å². The number of hydrogen-bond donors (Lipinski definition) is 2. The summed E-state index contributed by atoms with van der Waals surface area (Å²) in [7, 11) is 2.88. The van der Waals surface area contributed by atoms with E-state index in [1.807, 2.05) is 6.07 Å². The summed E-state index contributed by atoms with van der Waals surface area (Å²) < 4.78 is 72.3. The van der Waals surface area contributed by atoms with E-state index in [1.54, 1.807) is 12.1 Å². The van der Waals surface area contributed by atoms with Crippen molar-refractivity contribution < 1.29 is 41.7 Å². The normalized spacial score (nSPS) is 15.9. The number of rotatable bonds is 12. The standard InChI is InChI=1S/C32H40F3N5O6/c1-4-45-31(41)28-29(32(33,34)35)22-19-27(46-15-5-10-39-13-16-44-17-14-39)26(43-3)20-24(22)38-30(28)37-23-7-6-21(18-25(23)42-2)40-11-8-36-9-12-40/h6-7,18-20,36H,4-5,8-17H2,1-3H3,(H,37,38). The average molecular weight is 648 g/mol. The summed E-state index contributed by atoms with van der Waals surface area (Å²) in [5, 5.41) is 5.93. The number of esters is 1. The smallest absolute Gasteiger partial charge is 0.418 e. The van der Waals surface area contributed by atoms with Gasteiger partial charge in [-0.3, -0.25) is 4.90 Å². The molecule has 2 aromatic carbocycles. The van der Waals surface area contributed by atoms with E-state index in [2.05, 4.69) is 25.4 Å². The van der Waals surface area contributed by atoms with Gasteiger partial charge in [0, 0.05) is 69.0 Å². The summed E-state index contributed by atoms with van der Waals surface area (Å²) in [6.45, 7) is 8.64. The Morgan fingerprint density at radius 2 is 1.76 bits per heavy atom. The van der Waals surface area contributed by atoms with Crippen molar-refractivity contribution in [2.24, 2.45) is 0 Å². The molecular formula is C32H40F3N5O6. The second-order valence-corrected chi connectivity index (χ2v) is 10.9. The second-order valence-electron chi connectivity index (χ2n) is 10.9. The van der Waals surface area contributed by atoms with Gasteiger partial charge in [0.25, 0.3) is 0 Å². The van der Waals surface area contributed by atoms with Crippen LogP contribution >= 0.6 is 0 Å². The van der Waals surface area contributed by atoms with E-state index < -0.39 is 23.3 Å². The quantitative estimate of drug-likeness (QED) is 0.211. The third-order valence-electron chi connectivity index (χ3n) is 7.93. The summed E-state index contributed by atoms with van der Waals surface area (Å²) in [5.74, 6) is -0.781. The topological polar surface area (TPSA) is 107 Å². The minimum atomic E-state index is -4.95. The van der Waals surface area contributed by atoms with Crippen molar-refractivity contribution in [1.82, 2.24) is 15.2 Å². The van der Waals surface area contributed by atoms with Crippen molar-refractivity contribution in [2.75, 3.05) is 96.7 Å². The number of halogens is 3. The zero-order chi connectivity index (χ0) is 32.7. The molecule has 5 rings (SSSR count). The summed E-state index contributed by atoms with van der Waals surface area (Å²) in [6, 6.07) is 7.95. The fourth-order valence-corrected chi connectivity index (χ4v) is 5.66. The summed E-state index contributed by atoms with van der Waals surface area (Å²) in [4.78, 5) is 22.2. The molecule has 2 fully saturated rings. The lowest BCUT2D eigenvalue weighted by Gasteiger charge is -2.30. The lowest BCUT2D eigenvalue weighted by atomic mass is 10.0. The van der Waals surface area contributed by atoms with Gasteiger partial charge in [-0.15, -0.1) is 0 Å². The zero-order valence-electron chi connectivity index (χ0n) is 26.3. The molecule has 0 amide bonds. The zero-order valence-corrected chi connectivity index (χ0v) is 26.3. The van der Waals surface area contributed by atoms with E-state index in [0.29, 0.717) is 31.1 Å². The van der Waals surface area contributed by atoms with Crippen LogP contribution in [0.25, 0.3) is 10.9 Å². The van der Waals surface area contributed by atoms with Crippen molar-refractivity contribution in [3.63, 3.8) is 0 Å². The maximum atomic E-state index is 14.9. The first-order valence-electron chi connectivity index (χ1n) is 15.4. The molecule has 0 aliphatic carbocycles.